The van der Waals surface area contributed by atoms with Crippen LogP contribution in [0.25, 0.3) is 0 Å². The van der Waals surface area contributed by atoms with E-state index in [0.29, 0.717) is 29.4 Å². The lowest BCUT2D eigenvalue weighted by molar-refractivity contribution is 0.0996. The largest absolute Gasteiger partial charge is 0.437 e. The molecule has 1 aliphatic rings. The lowest BCUT2D eigenvalue weighted by Crippen LogP contribution is -2.44. The third kappa shape index (κ3) is 5.32. The number of amides is 1. The lowest BCUT2D eigenvalue weighted by atomic mass is 10.2. The average Bonchev–Trinajstić information content (AvgIpc) is 2.80. The fourth-order valence-electron chi connectivity index (χ4n) is 3.70. The number of likely N-dealkylation sites (N-methyl/N-ethyl adjacent to an activating group) is 1. The molecule has 0 saturated carbocycles. The topological polar surface area (TPSA) is 123 Å². The van der Waals surface area contributed by atoms with Crippen LogP contribution in [-0.4, -0.2) is 54.0 Å². The fraction of sp³-hybridized carbons (Fsp3) is 0.292. The van der Waals surface area contributed by atoms with Crippen molar-refractivity contribution in [3.8, 4) is 11.6 Å². The Hall–Kier alpha value is -3.85. The number of ether oxygens (including phenoxy) is 1. The van der Waals surface area contributed by atoms with Crippen LogP contribution in [-0.2, 0) is 6.42 Å². The van der Waals surface area contributed by atoms with Crippen LogP contribution in [0.3, 0.4) is 0 Å². The molecule has 1 saturated heterocycles. The van der Waals surface area contributed by atoms with Crippen molar-refractivity contribution in [2.45, 2.75) is 13.3 Å². The summed E-state index contributed by atoms with van der Waals surface area (Å²) in [6.07, 6.45) is 0.518. The molecule has 172 valence electrons. The second kappa shape index (κ2) is 9.74. The predicted molar refractivity (Wildman–Crippen MR) is 130 cm³/mol. The number of primary amides is 1. The molecule has 33 heavy (non-hydrogen) atoms. The van der Waals surface area contributed by atoms with Crippen molar-refractivity contribution in [2.75, 3.05) is 49.2 Å². The van der Waals surface area contributed by atoms with Crippen LogP contribution < -0.4 is 26.4 Å². The van der Waals surface area contributed by atoms with Crippen LogP contribution >= 0.6 is 0 Å². The van der Waals surface area contributed by atoms with Gasteiger partial charge in [0.2, 0.25) is 5.88 Å². The summed E-state index contributed by atoms with van der Waals surface area (Å²) in [7, 11) is 2.13. The first kappa shape index (κ1) is 22.3. The molecule has 0 bridgehead atoms. The number of piperazine rings is 1. The molecule has 3 aromatic rings. The van der Waals surface area contributed by atoms with Crippen molar-refractivity contribution in [3.05, 3.63) is 59.9 Å². The summed E-state index contributed by atoms with van der Waals surface area (Å²) < 4.78 is 5.96. The lowest BCUT2D eigenvalue weighted by Gasteiger charge is -2.34. The highest BCUT2D eigenvalue weighted by Gasteiger charge is 2.20. The Morgan fingerprint density at radius 3 is 2.55 bits per heavy atom. The maximum Gasteiger partial charge on any atom is 0.271 e. The Kier molecular flexibility index (Phi) is 6.60. The minimum absolute atomic E-state index is 0.0665. The van der Waals surface area contributed by atoms with Crippen LogP contribution in [0.4, 0.5) is 22.9 Å². The SMILES string of the molecule is CCc1nc(C(N)=O)c(Nc2cccc(N3CCN(C)CC3)c2)nc1Oc1cccc(N)c1. The Balaban J connectivity index is 1.65. The fourth-order valence-corrected chi connectivity index (χ4v) is 3.70. The van der Waals surface area contributed by atoms with Crippen LogP contribution in [0, 0.1) is 0 Å². The van der Waals surface area contributed by atoms with Gasteiger partial charge in [-0.2, -0.15) is 4.98 Å². The van der Waals surface area contributed by atoms with Crippen molar-refractivity contribution in [1.29, 1.82) is 0 Å². The van der Waals surface area contributed by atoms with Gasteiger partial charge in [-0.3, -0.25) is 4.79 Å². The number of aryl methyl sites for hydroxylation is 1. The van der Waals surface area contributed by atoms with Gasteiger partial charge in [-0.15, -0.1) is 0 Å². The zero-order chi connectivity index (χ0) is 23.4. The summed E-state index contributed by atoms with van der Waals surface area (Å²) in [5, 5.41) is 3.21. The van der Waals surface area contributed by atoms with E-state index >= 15 is 0 Å². The van der Waals surface area contributed by atoms with Crippen LogP contribution in [0.2, 0.25) is 0 Å². The average molecular weight is 448 g/mol. The van der Waals surface area contributed by atoms with Gasteiger partial charge in [-0.05, 0) is 43.8 Å². The minimum Gasteiger partial charge on any atom is -0.437 e. The molecule has 4 rings (SSSR count). The number of hydrogen-bond acceptors (Lipinski definition) is 8. The number of nitrogen functional groups attached to an aromatic ring is 1. The van der Waals surface area contributed by atoms with E-state index in [2.05, 4.69) is 38.2 Å². The van der Waals surface area contributed by atoms with Crippen LogP contribution in [0.5, 0.6) is 11.6 Å². The summed E-state index contributed by atoms with van der Waals surface area (Å²) in [6, 6.07) is 15.0. The normalized spacial score (nSPS) is 14.2. The molecular weight excluding hydrogens is 418 g/mol. The maximum absolute atomic E-state index is 12.1. The summed E-state index contributed by atoms with van der Waals surface area (Å²) >= 11 is 0. The molecule has 2 aromatic carbocycles. The third-order valence-electron chi connectivity index (χ3n) is 5.55. The summed E-state index contributed by atoms with van der Waals surface area (Å²) in [5.74, 6) is 0.416. The molecule has 0 atom stereocenters. The zero-order valence-corrected chi connectivity index (χ0v) is 18.9. The highest BCUT2D eigenvalue weighted by atomic mass is 16.5. The van der Waals surface area contributed by atoms with Gasteiger partial charge in [-0.25, -0.2) is 4.98 Å². The van der Waals surface area contributed by atoms with E-state index in [4.69, 9.17) is 16.2 Å². The Morgan fingerprint density at radius 1 is 1.09 bits per heavy atom. The monoisotopic (exact) mass is 447 g/mol. The van der Waals surface area contributed by atoms with Crippen molar-refractivity contribution in [1.82, 2.24) is 14.9 Å². The van der Waals surface area contributed by atoms with E-state index in [1.807, 2.05) is 25.1 Å². The number of aromatic nitrogens is 2. The summed E-state index contributed by atoms with van der Waals surface area (Å²) in [6.45, 7) is 5.84. The number of nitrogens with zero attached hydrogens (tertiary/aromatic N) is 4. The molecule has 0 radical (unpaired) electrons. The van der Waals surface area contributed by atoms with E-state index in [0.717, 1.165) is 37.6 Å². The number of nitrogens with two attached hydrogens (primary N) is 2. The van der Waals surface area contributed by atoms with Gasteiger partial charge in [0.1, 0.15) is 11.4 Å². The standard InChI is InChI=1S/C24H29N7O2/c1-3-20-24(33-19-9-4-6-16(25)14-19)29-23(21(28-20)22(26)32)27-17-7-5-8-18(15-17)31-12-10-30(2)11-13-31/h4-9,14-15H,3,10-13,25H2,1-2H3,(H2,26,32)(H,27,29). The van der Waals surface area contributed by atoms with E-state index in [9.17, 15) is 4.79 Å². The van der Waals surface area contributed by atoms with Crippen molar-refractivity contribution >= 4 is 28.8 Å². The highest BCUT2D eigenvalue weighted by molar-refractivity contribution is 5.96. The number of carbonyl (C=O) groups is 1. The first-order valence-corrected chi connectivity index (χ1v) is 11.0. The quantitative estimate of drug-likeness (QED) is 0.473. The van der Waals surface area contributed by atoms with Gasteiger partial charge in [0.25, 0.3) is 5.91 Å². The van der Waals surface area contributed by atoms with E-state index in [1.54, 1.807) is 24.3 Å². The molecule has 0 aliphatic carbocycles. The summed E-state index contributed by atoms with van der Waals surface area (Å²) in [4.78, 5) is 25.8. The smallest absolute Gasteiger partial charge is 0.271 e. The predicted octanol–water partition coefficient (Wildman–Crippen LogP) is 3.01. The van der Waals surface area contributed by atoms with Crippen molar-refractivity contribution in [2.24, 2.45) is 5.73 Å². The van der Waals surface area contributed by atoms with Gasteiger partial charge in [0.15, 0.2) is 11.5 Å². The van der Waals surface area contributed by atoms with Crippen molar-refractivity contribution in [3.63, 3.8) is 0 Å². The van der Waals surface area contributed by atoms with E-state index < -0.39 is 5.91 Å². The zero-order valence-electron chi connectivity index (χ0n) is 18.9. The number of anilines is 4. The third-order valence-corrected chi connectivity index (χ3v) is 5.55. The number of rotatable bonds is 7. The molecule has 9 nitrogen and oxygen atoms in total. The molecule has 1 aromatic heterocycles. The number of nitrogens with one attached hydrogen (secondary N) is 1. The van der Waals surface area contributed by atoms with E-state index in [-0.39, 0.29) is 11.5 Å². The number of carbonyl (C=O) groups excluding carboxylic acids is 1. The Morgan fingerprint density at radius 2 is 1.85 bits per heavy atom. The maximum atomic E-state index is 12.1. The Labute approximate surface area is 193 Å². The molecule has 0 unspecified atom stereocenters. The molecule has 1 fully saturated rings. The van der Waals surface area contributed by atoms with Gasteiger partial charge in [0.05, 0.1) is 0 Å². The van der Waals surface area contributed by atoms with Gasteiger partial charge in [0, 0.05) is 49.3 Å². The minimum atomic E-state index is -0.662. The molecule has 2 heterocycles. The first-order valence-electron chi connectivity index (χ1n) is 11.0. The van der Waals surface area contributed by atoms with Crippen LogP contribution in [0.1, 0.15) is 23.1 Å². The first-order chi connectivity index (χ1) is 15.9. The molecular formula is C24H29N7O2. The molecule has 1 aliphatic heterocycles. The van der Waals surface area contributed by atoms with Gasteiger partial charge >= 0.3 is 0 Å². The summed E-state index contributed by atoms with van der Waals surface area (Å²) in [5.41, 5.74) is 14.5. The molecule has 9 heteroatoms. The molecule has 5 N–H and O–H groups in total. The molecule has 1 amide bonds. The van der Waals surface area contributed by atoms with Crippen molar-refractivity contribution < 1.29 is 9.53 Å². The van der Waals surface area contributed by atoms with Gasteiger partial charge < -0.3 is 31.3 Å². The second-order valence-corrected chi connectivity index (χ2v) is 8.03. The van der Waals surface area contributed by atoms with Gasteiger partial charge in [-0.1, -0.05) is 19.1 Å². The molecule has 0 spiro atoms. The number of benzene rings is 2. The number of hydrogen-bond donors (Lipinski definition) is 3. The highest BCUT2D eigenvalue weighted by Crippen LogP contribution is 2.29. The second-order valence-electron chi connectivity index (χ2n) is 8.03. The Bertz CT molecular complexity index is 1140. The van der Waals surface area contributed by atoms with Crippen LogP contribution in [0.15, 0.2) is 48.5 Å². The van der Waals surface area contributed by atoms with E-state index in [1.165, 1.54) is 0 Å².